The second kappa shape index (κ2) is 4.34. The third kappa shape index (κ3) is 2.74. The van der Waals surface area contributed by atoms with Gasteiger partial charge in [0.25, 0.3) is 0 Å². The molecule has 1 saturated carbocycles. The highest BCUT2D eigenvalue weighted by Gasteiger charge is 2.35. The lowest BCUT2D eigenvalue weighted by molar-refractivity contribution is -0.125. The molecule has 1 aliphatic heterocycles. The quantitative estimate of drug-likeness (QED) is 0.708. The van der Waals surface area contributed by atoms with Crippen LogP contribution in [0.3, 0.4) is 0 Å². The van der Waals surface area contributed by atoms with E-state index in [9.17, 15) is 4.79 Å². The van der Waals surface area contributed by atoms with Gasteiger partial charge in [-0.3, -0.25) is 9.69 Å². The number of hydrogen-bond acceptors (Lipinski definition) is 3. The number of rotatable bonds is 5. The van der Waals surface area contributed by atoms with Crippen LogP contribution in [0, 0.1) is 5.41 Å². The van der Waals surface area contributed by atoms with E-state index < -0.39 is 5.41 Å². The summed E-state index contributed by atoms with van der Waals surface area (Å²) in [4.78, 5) is 13.7. The van der Waals surface area contributed by atoms with Crippen LogP contribution in [0.1, 0.15) is 33.1 Å². The number of carbonyl (C=O) groups excluding carboxylic acids is 1. The van der Waals surface area contributed by atoms with Crippen LogP contribution in [0.15, 0.2) is 0 Å². The third-order valence-electron chi connectivity index (χ3n) is 3.78. The van der Waals surface area contributed by atoms with E-state index in [1.165, 1.54) is 25.8 Å². The van der Waals surface area contributed by atoms with Gasteiger partial charge in [-0.2, -0.15) is 0 Å². The number of nitrogens with zero attached hydrogens (tertiary/aromatic N) is 1. The topological polar surface area (TPSA) is 58.4 Å². The molecule has 16 heavy (non-hydrogen) atoms. The minimum Gasteiger partial charge on any atom is -0.369 e. The smallest absolute Gasteiger partial charge is 0.224 e. The SMILES string of the molecule is CC(C)(CNC1CCN(C2CC2)C1)C(N)=O. The Balaban J connectivity index is 1.72. The molecule has 2 rings (SSSR count). The summed E-state index contributed by atoms with van der Waals surface area (Å²) in [6, 6.07) is 1.40. The molecular weight excluding hydrogens is 202 g/mol. The second-order valence-corrected chi connectivity index (χ2v) is 5.84. The fourth-order valence-electron chi connectivity index (χ4n) is 2.21. The summed E-state index contributed by atoms with van der Waals surface area (Å²) in [6.45, 7) is 6.83. The minimum absolute atomic E-state index is 0.225. The van der Waals surface area contributed by atoms with Crippen LogP contribution < -0.4 is 11.1 Å². The Labute approximate surface area is 97.6 Å². The summed E-state index contributed by atoms with van der Waals surface area (Å²) >= 11 is 0. The van der Waals surface area contributed by atoms with E-state index in [4.69, 9.17) is 5.73 Å². The van der Waals surface area contributed by atoms with Crippen LogP contribution in [-0.2, 0) is 4.79 Å². The Bertz CT molecular complexity index is 273. The molecule has 0 aromatic heterocycles. The molecule has 1 aliphatic carbocycles. The molecule has 0 aromatic rings. The number of nitrogens with two attached hydrogens (primary N) is 1. The number of carbonyl (C=O) groups is 1. The van der Waals surface area contributed by atoms with E-state index in [0.717, 1.165) is 12.6 Å². The molecule has 1 atom stereocenters. The van der Waals surface area contributed by atoms with Crippen molar-refractivity contribution in [2.45, 2.75) is 45.2 Å². The van der Waals surface area contributed by atoms with E-state index in [1.807, 2.05) is 13.8 Å². The van der Waals surface area contributed by atoms with Crippen molar-refractivity contribution in [1.29, 1.82) is 0 Å². The minimum atomic E-state index is -0.437. The van der Waals surface area contributed by atoms with Crippen molar-refractivity contribution in [3.05, 3.63) is 0 Å². The Kier molecular flexibility index (Phi) is 3.22. The summed E-state index contributed by atoms with van der Waals surface area (Å²) < 4.78 is 0. The number of likely N-dealkylation sites (tertiary alicyclic amines) is 1. The highest BCUT2D eigenvalue weighted by atomic mass is 16.1. The predicted octanol–water partition coefficient (Wildman–Crippen LogP) is 0.324. The molecular formula is C12H23N3O. The average molecular weight is 225 g/mol. The van der Waals surface area contributed by atoms with E-state index in [2.05, 4.69) is 10.2 Å². The van der Waals surface area contributed by atoms with Gasteiger partial charge < -0.3 is 11.1 Å². The molecule has 0 aromatic carbocycles. The van der Waals surface area contributed by atoms with E-state index in [0.29, 0.717) is 12.6 Å². The zero-order chi connectivity index (χ0) is 11.8. The van der Waals surface area contributed by atoms with Crippen molar-refractivity contribution >= 4 is 5.91 Å². The lowest BCUT2D eigenvalue weighted by atomic mass is 9.92. The van der Waals surface area contributed by atoms with Crippen molar-refractivity contribution in [3.63, 3.8) is 0 Å². The van der Waals surface area contributed by atoms with E-state index in [1.54, 1.807) is 0 Å². The van der Waals surface area contributed by atoms with E-state index >= 15 is 0 Å². The summed E-state index contributed by atoms with van der Waals surface area (Å²) in [5.74, 6) is -0.225. The number of hydrogen-bond donors (Lipinski definition) is 2. The lowest BCUT2D eigenvalue weighted by Gasteiger charge is -2.24. The molecule has 2 fully saturated rings. The number of nitrogens with one attached hydrogen (secondary N) is 1. The standard InChI is InChI=1S/C12H23N3O/c1-12(2,11(13)16)8-14-9-5-6-15(7-9)10-3-4-10/h9-10,14H,3-8H2,1-2H3,(H2,13,16). The third-order valence-corrected chi connectivity index (χ3v) is 3.78. The second-order valence-electron chi connectivity index (χ2n) is 5.84. The van der Waals surface area contributed by atoms with Crippen molar-refractivity contribution < 1.29 is 4.79 Å². The highest BCUT2D eigenvalue weighted by molar-refractivity contribution is 5.80. The van der Waals surface area contributed by atoms with Gasteiger partial charge in [0, 0.05) is 31.7 Å². The fraction of sp³-hybridized carbons (Fsp3) is 0.917. The summed E-state index contributed by atoms with van der Waals surface area (Å²) in [5, 5.41) is 3.47. The Morgan fingerprint density at radius 2 is 2.12 bits per heavy atom. The Hall–Kier alpha value is -0.610. The summed E-state index contributed by atoms with van der Waals surface area (Å²) in [6.07, 6.45) is 3.95. The van der Waals surface area contributed by atoms with Gasteiger partial charge in [-0.25, -0.2) is 0 Å². The molecule has 1 unspecified atom stereocenters. The first-order valence-electron chi connectivity index (χ1n) is 6.26. The van der Waals surface area contributed by atoms with Gasteiger partial charge in [-0.1, -0.05) is 0 Å². The monoisotopic (exact) mass is 225 g/mol. The van der Waals surface area contributed by atoms with Crippen molar-refractivity contribution in [3.8, 4) is 0 Å². The predicted molar refractivity (Wildman–Crippen MR) is 64.0 cm³/mol. The molecule has 0 radical (unpaired) electrons. The molecule has 4 nitrogen and oxygen atoms in total. The maximum Gasteiger partial charge on any atom is 0.224 e. The first-order valence-corrected chi connectivity index (χ1v) is 6.26. The van der Waals surface area contributed by atoms with Crippen molar-refractivity contribution in [1.82, 2.24) is 10.2 Å². The lowest BCUT2D eigenvalue weighted by Crippen LogP contribution is -2.44. The van der Waals surface area contributed by atoms with Crippen LogP contribution in [0.5, 0.6) is 0 Å². The van der Waals surface area contributed by atoms with Crippen LogP contribution in [0.25, 0.3) is 0 Å². The van der Waals surface area contributed by atoms with Crippen LogP contribution in [0.2, 0.25) is 0 Å². The summed E-state index contributed by atoms with van der Waals surface area (Å²) in [7, 11) is 0. The maximum absolute atomic E-state index is 11.2. The zero-order valence-electron chi connectivity index (χ0n) is 10.3. The molecule has 3 N–H and O–H groups in total. The van der Waals surface area contributed by atoms with Gasteiger partial charge in [-0.15, -0.1) is 0 Å². The molecule has 2 aliphatic rings. The molecule has 4 heteroatoms. The van der Waals surface area contributed by atoms with Crippen LogP contribution in [0.4, 0.5) is 0 Å². The van der Waals surface area contributed by atoms with Gasteiger partial charge in [0.05, 0.1) is 5.41 Å². The van der Waals surface area contributed by atoms with Gasteiger partial charge in [-0.05, 0) is 33.1 Å². The highest BCUT2D eigenvalue weighted by Crippen LogP contribution is 2.29. The van der Waals surface area contributed by atoms with Crippen molar-refractivity contribution in [2.75, 3.05) is 19.6 Å². The molecule has 1 saturated heterocycles. The van der Waals surface area contributed by atoms with Crippen LogP contribution >= 0.6 is 0 Å². The van der Waals surface area contributed by atoms with Gasteiger partial charge in [0.1, 0.15) is 0 Å². The van der Waals surface area contributed by atoms with Gasteiger partial charge in [0.2, 0.25) is 5.91 Å². The number of amides is 1. The average Bonchev–Trinajstić information content (AvgIpc) is 2.95. The first kappa shape index (κ1) is 11.9. The zero-order valence-corrected chi connectivity index (χ0v) is 10.3. The van der Waals surface area contributed by atoms with Gasteiger partial charge >= 0.3 is 0 Å². The Morgan fingerprint density at radius 1 is 1.44 bits per heavy atom. The van der Waals surface area contributed by atoms with Gasteiger partial charge in [0.15, 0.2) is 0 Å². The fourth-order valence-corrected chi connectivity index (χ4v) is 2.21. The van der Waals surface area contributed by atoms with Crippen molar-refractivity contribution in [2.24, 2.45) is 11.1 Å². The maximum atomic E-state index is 11.2. The molecule has 0 bridgehead atoms. The molecule has 1 heterocycles. The molecule has 92 valence electrons. The van der Waals surface area contributed by atoms with E-state index in [-0.39, 0.29) is 5.91 Å². The van der Waals surface area contributed by atoms with Crippen LogP contribution in [-0.4, -0.2) is 42.5 Å². The normalized spacial score (nSPS) is 27.2. The molecule has 0 spiro atoms. The first-order chi connectivity index (χ1) is 7.49. The Morgan fingerprint density at radius 3 is 2.69 bits per heavy atom. The summed E-state index contributed by atoms with van der Waals surface area (Å²) in [5.41, 5.74) is 4.91. The number of primary amides is 1. The largest absolute Gasteiger partial charge is 0.369 e. The molecule has 1 amide bonds.